The summed E-state index contributed by atoms with van der Waals surface area (Å²) in [5, 5.41) is 0. The summed E-state index contributed by atoms with van der Waals surface area (Å²) in [6, 6.07) is 6.13. The second kappa shape index (κ2) is 7.42. The minimum absolute atomic E-state index is 0.709. The summed E-state index contributed by atoms with van der Waals surface area (Å²) in [5.41, 5.74) is 7.96. The van der Waals surface area contributed by atoms with E-state index in [0.717, 1.165) is 29.4 Å². The lowest BCUT2D eigenvalue weighted by Crippen LogP contribution is -2.27. The monoisotopic (exact) mass is 255 g/mol. The van der Waals surface area contributed by atoms with Crippen LogP contribution in [0.2, 0.25) is 0 Å². The average Bonchev–Trinajstić information content (AvgIpc) is 2.32. The number of benzene rings is 1. The molecule has 1 rings (SSSR count). The highest BCUT2D eigenvalue weighted by Gasteiger charge is 2.08. The molecular weight excluding hydrogens is 234 g/mol. The summed E-state index contributed by atoms with van der Waals surface area (Å²) in [5.74, 6) is 0. The molecule has 0 aromatic heterocycles. The Hall–Kier alpha value is -0.910. The van der Waals surface area contributed by atoms with E-state index in [1.165, 1.54) is 0 Å². The Morgan fingerprint density at radius 2 is 2.24 bits per heavy atom. The van der Waals surface area contributed by atoms with Gasteiger partial charge in [0.25, 0.3) is 0 Å². The lowest BCUT2D eigenvalue weighted by atomic mass is 10.2. The van der Waals surface area contributed by atoms with Crippen LogP contribution in [0.25, 0.3) is 0 Å². The van der Waals surface area contributed by atoms with E-state index >= 15 is 0 Å². The largest absolute Gasteiger partial charge is 0.397 e. The lowest BCUT2D eigenvalue weighted by molar-refractivity contribution is 0.205. The summed E-state index contributed by atoms with van der Waals surface area (Å²) in [4.78, 5) is 3.34. The van der Waals surface area contributed by atoms with Gasteiger partial charge in [-0.1, -0.05) is 0 Å². The number of likely N-dealkylation sites (N-methyl/N-ethyl adjacent to an activating group) is 1. The molecule has 0 heterocycles. The predicted molar refractivity (Wildman–Crippen MR) is 75.5 cm³/mol. The minimum atomic E-state index is 0.709. The predicted octanol–water partition coefficient (Wildman–Crippen LogP) is 1.97. The molecule has 0 bridgehead atoms. The summed E-state index contributed by atoms with van der Waals surface area (Å²) < 4.78 is 8.14. The van der Waals surface area contributed by atoms with Crippen molar-refractivity contribution in [1.82, 2.24) is 4.72 Å². The van der Waals surface area contributed by atoms with Crippen molar-refractivity contribution in [2.45, 2.75) is 11.8 Å². The Morgan fingerprint density at radius 1 is 1.47 bits per heavy atom. The standard InChI is InChI=1S/C12H21N3OS/c1-4-15(7-8-16-3)12-6-5-10(17-14-2)9-11(12)13/h5-6,9,14H,4,7-8,13H2,1-3H3. The van der Waals surface area contributed by atoms with Crippen LogP contribution in [0.4, 0.5) is 11.4 Å². The molecule has 0 radical (unpaired) electrons. The van der Waals surface area contributed by atoms with Crippen molar-refractivity contribution in [3.05, 3.63) is 18.2 Å². The van der Waals surface area contributed by atoms with Crippen LogP contribution in [-0.4, -0.2) is 33.9 Å². The van der Waals surface area contributed by atoms with Gasteiger partial charge in [-0.2, -0.15) is 0 Å². The molecule has 3 N–H and O–H groups in total. The third-order valence-electron chi connectivity index (χ3n) is 2.51. The first-order chi connectivity index (χ1) is 8.22. The second-order valence-corrected chi connectivity index (χ2v) is 4.68. The first-order valence-corrected chi connectivity index (χ1v) is 6.51. The van der Waals surface area contributed by atoms with Crippen molar-refractivity contribution in [2.24, 2.45) is 0 Å². The molecule has 0 aliphatic carbocycles. The number of nitrogens with zero attached hydrogens (tertiary/aromatic N) is 1. The number of rotatable bonds is 7. The van der Waals surface area contributed by atoms with Gasteiger partial charge >= 0.3 is 0 Å². The van der Waals surface area contributed by atoms with Gasteiger partial charge in [-0.05, 0) is 44.1 Å². The maximum atomic E-state index is 6.08. The van der Waals surface area contributed by atoms with Crippen LogP contribution in [-0.2, 0) is 4.74 Å². The molecule has 0 unspecified atom stereocenters. The van der Waals surface area contributed by atoms with Crippen LogP contribution in [0.5, 0.6) is 0 Å². The van der Waals surface area contributed by atoms with E-state index in [1.807, 2.05) is 13.1 Å². The summed E-state index contributed by atoms with van der Waals surface area (Å²) in [6.07, 6.45) is 0. The van der Waals surface area contributed by atoms with Gasteiger partial charge in [0.1, 0.15) is 0 Å². The molecule has 0 aliphatic rings. The molecule has 1 aromatic carbocycles. The van der Waals surface area contributed by atoms with E-state index < -0.39 is 0 Å². The van der Waals surface area contributed by atoms with E-state index in [1.54, 1.807) is 19.1 Å². The minimum Gasteiger partial charge on any atom is -0.397 e. The van der Waals surface area contributed by atoms with Crippen LogP contribution in [0.1, 0.15) is 6.92 Å². The van der Waals surface area contributed by atoms with Gasteiger partial charge in [0.05, 0.1) is 18.0 Å². The third kappa shape index (κ3) is 4.11. The Labute approximate surface area is 108 Å². The highest BCUT2D eigenvalue weighted by Crippen LogP contribution is 2.27. The summed E-state index contributed by atoms with van der Waals surface area (Å²) in [6.45, 7) is 4.60. The Kier molecular flexibility index (Phi) is 6.18. The van der Waals surface area contributed by atoms with Crippen molar-refractivity contribution in [3.63, 3.8) is 0 Å². The van der Waals surface area contributed by atoms with Gasteiger partial charge in [-0.3, -0.25) is 4.72 Å². The number of methoxy groups -OCH3 is 1. The van der Waals surface area contributed by atoms with Crippen LogP contribution in [0, 0.1) is 0 Å². The molecule has 96 valence electrons. The normalized spacial score (nSPS) is 10.5. The smallest absolute Gasteiger partial charge is 0.0637 e. The van der Waals surface area contributed by atoms with Crippen LogP contribution < -0.4 is 15.4 Å². The van der Waals surface area contributed by atoms with Crippen LogP contribution >= 0.6 is 11.9 Å². The van der Waals surface area contributed by atoms with Gasteiger partial charge < -0.3 is 15.4 Å². The van der Waals surface area contributed by atoms with Crippen molar-refractivity contribution in [1.29, 1.82) is 0 Å². The van der Waals surface area contributed by atoms with Crippen molar-refractivity contribution in [3.8, 4) is 0 Å². The summed E-state index contributed by atoms with van der Waals surface area (Å²) in [7, 11) is 3.61. The topological polar surface area (TPSA) is 50.5 Å². The quantitative estimate of drug-likeness (QED) is 0.576. The Bertz CT molecular complexity index is 347. The van der Waals surface area contributed by atoms with Crippen LogP contribution in [0.3, 0.4) is 0 Å². The highest BCUT2D eigenvalue weighted by molar-refractivity contribution is 7.97. The number of hydrogen-bond acceptors (Lipinski definition) is 5. The van der Waals surface area contributed by atoms with E-state index in [0.29, 0.717) is 6.61 Å². The SMILES string of the molecule is CCN(CCOC)c1ccc(SNC)cc1N. The molecule has 4 nitrogen and oxygen atoms in total. The molecule has 0 spiro atoms. The van der Waals surface area contributed by atoms with Gasteiger partial charge in [0, 0.05) is 25.1 Å². The van der Waals surface area contributed by atoms with Crippen LogP contribution in [0.15, 0.2) is 23.1 Å². The third-order valence-corrected chi connectivity index (χ3v) is 3.20. The zero-order valence-corrected chi connectivity index (χ0v) is 11.5. The molecule has 0 atom stereocenters. The molecule has 0 amide bonds. The molecule has 0 saturated heterocycles. The van der Waals surface area contributed by atoms with Crippen molar-refractivity contribution < 1.29 is 4.74 Å². The number of nitrogen functional groups attached to an aromatic ring is 1. The number of hydrogen-bond donors (Lipinski definition) is 2. The molecule has 17 heavy (non-hydrogen) atoms. The number of nitrogens with one attached hydrogen (secondary N) is 1. The first-order valence-electron chi connectivity index (χ1n) is 5.70. The first kappa shape index (κ1) is 14.2. The van der Waals surface area contributed by atoms with E-state index in [-0.39, 0.29) is 0 Å². The molecule has 0 fully saturated rings. The Morgan fingerprint density at radius 3 is 2.76 bits per heavy atom. The fourth-order valence-corrected chi connectivity index (χ4v) is 2.21. The van der Waals surface area contributed by atoms with Gasteiger partial charge in [0.2, 0.25) is 0 Å². The maximum Gasteiger partial charge on any atom is 0.0637 e. The van der Waals surface area contributed by atoms with E-state index in [4.69, 9.17) is 10.5 Å². The lowest BCUT2D eigenvalue weighted by Gasteiger charge is -2.24. The average molecular weight is 255 g/mol. The molecular formula is C12H21N3OS. The number of ether oxygens (including phenoxy) is 1. The fraction of sp³-hybridized carbons (Fsp3) is 0.500. The number of anilines is 2. The van der Waals surface area contributed by atoms with Gasteiger partial charge in [0.15, 0.2) is 0 Å². The molecule has 0 saturated carbocycles. The summed E-state index contributed by atoms with van der Waals surface area (Å²) >= 11 is 1.56. The van der Waals surface area contributed by atoms with E-state index in [9.17, 15) is 0 Å². The molecule has 1 aromatic rings. The van der Waals surface area contributed by atoms with Crippen molar-refractivity contribution >= 4 is 23.3 Å². The van der Waals surface area contributed by atoms with E-state index in [2.05, 4.69) is 28.7 Å². The number of nitrogens with two attached hydrogens (primary N) is 1. The molecule has 0 aliphatic heterocycles. The van der Waals surface area contributed by atoms with Gasteiger partial charge in [-0.25, -0.2) is 0 Å². The van der Waals surface area contributed by atoms with Gasteiger partial charge in [-0.15, -0.1) is 0 Å². The Balaban J connectivity index is 2.81. The van der Waals surface area contributed by atoms with Crippen molar-refractivity contribution in [2.75, 3.05) is 44.5 Å². The maximum absolute atomic E-state index is 6.08. The second-order valence-electron chi connectivity index (χ2n) is 3.60. The highest BCUT2D eigenvalue weighted by atomic mass is 32.2. The molecule has 5 heteroatoms. The fourth-order valence-electron chi connectivity index (χ4n) is 1.65. The zero-order chi connectivity index (χ0) is 12.7. The zero-order valence-electron chi connectivity index (χ0n) is 10.7.